The fraction of sp³-hybridized carbons (Fsp3) is 0.964. The Morgan fingerprint density at radius 1 is 0.774 bits per heavy atom. The molecule has 31 heavy (non-hydrogen) atoms. The maximum atomic E-state index is 14.4. The monoisotopic (exact) mass is 436 g/mol. The number of carbonyl (C=O) groups excluding carboxylic acids is 1. The number of ether oxygens (including phenoxy) is 1. The van der Waals surface area contributed by atoms with E-state index in [1.807, 2.05) is 0 Å². The highest BCUT2D eigenvalue weighted by Gasteiger charge is 2.37. The summed E-state index contributed by atoms with van der Waals surface area (Å²) < 4.78 is 20.1. The molecule has 0 saturated heterocycles. The van der Waals surface area contributed by atoms with Crippen molar-refractivity contribution in [3.8, 4) is 0 Å². The zero-order valence-electron chi connectivity index (χ0n) is 20.5. The van der Waals surface area contributed by atoms with E-state index in [0.29, 0.717) is 18.8 Å². The first-order chi connectivity index (χ1) is 15.1. The number of rotatable bonds is 10. The van der Waals surface area contributed by atoms with Gasteiger partial charge >= 0.3 is 5.97 Å². The summed E-state index contributed by atoms with van der Waals surface area (Å²) in [7, 11) is 0. The fourth-order valence-electron chi connectivity index (χ4n) is 6.73. The van der Waals surface area contributed by atoms with Crippen molar-refractivity contribution in [2.45, 2.75) is 142 Å². The first kappa shape index (κ1) is 25.0. The van der Waals surface area contributed by atoms with Crippen molar-refractivity contribution in [2.24, 2.45) is 29.6 Å². The summed E-state index contributed by atoms with van der Waals surface area (Å²) in [5.41, 5.74) is 0. The molecule has 3 rings (SSSR count). The first-order valence-electron chi connectivity index (χ1n) is 13.9. The molecule has 0 aromatic heterocycles. The molecule has 3 aliphatic carbocycles. The third-order valence-electron chi connectivity index (χ3n) is 9.05. The standard InChI is InChI=1S/C28H49FO2/c1-3-5-6-7-8-9-22-10-13-23(14-11-22)24-15-17-25(18-16-24)28(30)31-27-19-12-21(4-2)20-26(27)29/h21-27H,3-20H2,1-2H3. The van der Waals surface area contributed by atoms with Crippen molar-refractivity contribution in [1.29, 1.82) is 0 Å². The van der Waals surface area contributed by atoms with E-state index in [4.69, 9.17) is 4.74 Å². The molecule has 0 aromatic carbocycles. The van der Waals surface area contributed by atoms with Crippen LogP contribution >= 0.6 is 0 Å². The number of carbonyl (C=O) groups is 1. The molecule has 3 saturated carbocycles. The summed E-state index contributed by atoms with van der Waals surface area (Å²) in [5, 5.41) is 0. The molecule has 180 valence electrons. The van der Waals surface area contributed by atoms with Gasteiger partial charge in [-0.1, -0.05) is 71.6 Å². The Hall–Kier alpha value is -0.600. The van der Waals surface area contributed by atoms with Crippen LogP contribution in [0.5, 0.6) is 0 Å². The highest BCUT2D eigenvalue weighted by Crippen LogP contribution is 2.43. The third kappa shape index (κ3) is 7.74. The maximum absolute atomic E-state index is 14.4. The largest absolute Gasteiger partial charge is 0.459 e. The van der Waals surface area contributed by atoms with Crippen molar-refractivity contribution in [1.82, 2.24) is 0 Å². The van der Waals surface area contributed by atoms with Crippen molar-refractivity contribution in [2.75, 3.05) is 0 Å². The molecule has 0 aromatic rings. The molecule has 3 aliphatic rings. The number of hydrogen-bond donors (Lipinski definition) is 0. The van der Waals surface area contributed by atoms with Gasteiger partial charge in [-0.15, -0.1) is 0 Å². The second-order valence-electron chi connectivity index (χ2n) is 11.2. The summed E-state index contributed by atoms with van der Waals surface area (Å²) in [6, 6.07) is 0. The Kier molecular flexibility index (Phi) is 10.7. The van der Waals surface area contributed by atoms with Crippen LogP contribution in [-0.2, 0) is 9.53 Å². The lowest BCUT2D eigenvalue weighted by Crippen LogP contribution is -2.37. The van der Waals surface area contributed by atoms with Crippen molar-refractivity contribution in [3.05, 3.63) is 0 Å². The Labute approximate surface area is 191 Å². The van der Waals surface area contributed by atoms with E-state index < -0.39 is 12.3 Å². The van der Waals surface area contributed by atoms with E-state index in [1.165, 1.54) is 77.0 Å². The zero-order valence-corrected chi connectivity index (χ0v) is 20.5. The summed E-state index contributed by atoms with van der Waals surface area (Å²) >= 11 is 0. The van der Waals surface area contributed by atoms with E-state index >= 15 is 0 Å². The van der Waals surface area contributed by atoms with E-state index in [2.05, 4.69) is 13.8 Å². The second-order valence-corrected chi connectivity index (χ2v) is 11.2. The van der Waals surface area contributed by atoms with Gasteiger partial charge in [0, 0.05) is 0 Å². The zero-order chi connectivity index (χ0) is 22.1. The lowest BCUT2D eigenvalue weighted by molar-refractivity contribution is -0.162. The van der Waals surface area contributed by atoms with Crippen molar-refractivity contribution in [3.63, 3.8) is 0 Å². The fourth-order valence-corrected chi connectivity index (χ4v) is 6.73. The molecule has 3 unspecified atom stereocenters. The average Bonchev–Trinajstić information content (AvgIpc) is 2.80. The third-order valence-corrected chi connectivity index (χ3v) is 9.05. The van der Waals surface area contributed by atoms with Crippen molar-refractivity contribution < 1.29 is 13.9 Å². The van der Waals surface area contributed by atoms with Gasteiger partial charge in [0.05, 0.1) is 5.92 Å². The molecule has 0 heterocycles. The minimum absolute atomic E-state index is 0.0202. The first-order valence-corrected chi connectivity index (χ1v) is 13.9. The topological polar surface area (TPSA) is 26.3 Å². The summed E-state index contributed by atoms with van der Waals surface area (Å²) in [4.78, 5) is 12.7. The number of unbranched alkanes of at least 4 members (excludes halogenated alkanes) is 4. The molecule has 2 nitrogen and oxygen atoms in total. The van der Waals surface area contributed by atoms with Gasteiger partial charge in [-0.2, -0.15) is 0 Å². The summed E-state index contributed by atoms with van der Waals surface area (Å²) in [6.07, 6.45) is 20.3. The molecule has 0 amide bonds. The number of hydrogen-bond acceptors (Lipinski definition) is 2. The molecule has 3 fully saturated rings. The molecule has 0 bridgehead atoms. The minimum Gasteiger partial charge on any atom is -0.459 e. The number of halogens is 1. The smallest absolute Gasteiger partial charge is 0.309 e. The number of esters is 1. The summed E-state index contributed by atoms with van der Waals surface area (Å²) in [5.74, 6) is 3.05. The minimum atomic E-state index is -0.958. The quantitative estimate of drug-likeness (QED) is 0.254. The number of alkyl halides is 1. The van der Waals surface area contributed by atoms with E-state index in [9.17, 15) is 9.18 Å². The van der Waals surface area contributed by atoms with E-state index in [1.54, 1.807) is 0 Å². The molecule has 3 heteroatoms. The average molecular weight is 437 g/mol. The van der Waals surface area contributed by atoms with Crippen LogP contribution in [0.3, 0.4) is 0 Å². The van der Waals surface area contributed by atoms with Crippen LogP contribution in [0.4, 0.5) is 4.39 Å². The second kappa shape index (κ2) is 13.2. The SMILES string of the molecule is CCCCCCCC1CCC(C2CCC(C(=O)OC3CCC(CC)CC3F)CC2)CC1. The highest BCUT2D eigenvalue weighted by molar-refractivity contribution is 5.72. The molecule has 0 spiro atoms. The van der Waals surface area contributed by atoms with Crippen LogP contribution < -0.4 is 0 Å². The van der Waals surface area contributed by atoms with Gasteiger partial charge in [-0.05, 0) is 81.5 Å². The Morgan fingerprint density at radius 3 is 2.00 bits per heavy atom. The van der Waals surface area contributed by atoms with Gasteiger partial charge in [-0.3, -0.25) is 4.79 Å². The lowest BCUT2D eigenvalue weighted by atomic mass is 9.68. The van der Waals surface area contributed by atoms with Crippen LogP contribution in [0.1, 0.15) is 129 Å². The lowest BCUT2D eigenvalue weighted by Gasteiger charge is -2.38. The molecule has 0 aliphatic heterocycles. The predicted molar refractivity (Wildman–Crippen MR) is 127 cm³/mol. The summed E-state index contributed by atoms with van der Waals surface area (Å²) in [6.45, 7) is 4.42. The van der Waals surface area contributed by atoms with E-state index in [-0.39, 0.29) is 11.9 Å². The Morgan fingerprint density at radius 2 is 1.39 bits per heavy atom. The Bertz CT molecular complexity index is 505. The van der Waals surface area contributed by atoms with E-state index in [0.717, 1.165) is 43.4 Å². The van der Waals surface area contributed by atoms with Gasteiger partial charge < -0.3 is 4.74 Å². The van der Waals surface area contributed by atoms with Gasteiger partial charge in [0.25, 0.3) is 0 Å². The molecule has 0 radical (unpaired) electrons. The highest BCUT2D eigenvalue weighted by atomic mass is 19.1. The van der Waals surface area contributed by atoms with Crippen LogP contribution in [0.2, 0.25) is 0 Å². The van der Waals surface area contributed by atoms with Crippen LogP contribution in [-0.4, -0.2) is 18.2 Å². The maximum Gasteiger partial charge on any atom is 0.309 e. The van der Waals surface area contributed by atoms with Gasteiger partial charge in [0.1, 0.15) is 12.3 Å². The molecular weight excluding hydrogens is 387 g/mol. The molecule has 0 N–H and O–H groups in total. The van der Waals surface area contributed by atoms with Crippen LogP contribution in [0.25, 0.3) is 0 Å². The van der Waals surface area contributed by atoms with Gasteiger partial charge in [0.15, 0.2) is 0 Å². The van der Waals surface area contributed by atoms with Crippen molar-refractivity contribution >= 4 is 5.97 Å². The Balaban J connectivity index is 1.30. The van der Waals surface area contributed by atoms with Gasteiger partial charge in [0.2, 0.25) is 0 Å². The van der Waals surface area contributed by atoms with Gasteiger partial charge in [-0.25, -0.2) is 4.39 Å². The molecule has 3 atom stereocenters. The normalized spacial score (nSPS) is 36.8. The predicted octanol–water partition coefficient (Wildman–Crippen LogP) is 8.42. The van der Waals surface area contributed by atoms with Crippen LogP contribution in [0, 0.1) is 29.6 Å². The van der Waals surface area contributed by atoms with Crippen LogP contribution in [0.15, 0.2) is 0 Å². The molecular formula is C28H49FO2.